The molecule has 0 spiro atoms. The first kappa shape index (κ1) is 16.1. The van der Waals surface area contributed by atoms with Gasteiger partial charge in [-0.3, -0.25) is 4.68 Å². The number of nitrogens with one attached hydrogen (secondary N) is 1. The Kier molecular flexibility index (Phi) is 4.51. The third-order valence-corrected chi connectivity index (χ3v) is 4.77. The Bertz CT molecular complexity index is 483. The molecule has 0 unspecified atom stereocenters. The van der Waals surface area contributed by atoms with Crippen molar-refractivity contribution in [1.82, 2.24) is 9.78 Å². The lowest BCUT2D eigenvalue weighted by Crippen LogP contribution is -2.42. The summed E-state index contributed by atoms with van der Waals surface area (Å²) < 4.78 is 1.79. The molecule has 0 aliphatic heterocycles. The van der Waals surface area contributed by atoms with E-state index in [0.717, 1.165) is 55.7 Å². The number of rotatable bonds is 5. The maximum absolute atomic E-state index is 10.7. The van der Waals surface area contributed by atoms with Gasteiger partial charge in [0, 0.05) is 13.6 Å². The van der Waals surface area contributed by atoms with Gasteiger partial charge < -0.3 is 16.2 Å². The quantitative estimate of drug-likeness (QED) is 0.780. The lowest BCUT2D eigenvalue weighted by molar-refractivity contribution is -0.0146. The third-order valence-electron chi connectivity index (χ3n) is 4.77. The number of anilines is 2. The molecule has 1 aliphatic rings. The number of nitrogen functional groups attached to an aromatic ring is 1. The van der Waals surface area contributed by atoms with Gasteiger partial charge in [0.05, 0.1) is 17.0 Å². The normalized spacial score (nSPS) is 20.4. The van der Waals surface area contributed by atoms with Crippen molar-refractivity contribution in [2.45, 2.75) is 64.9 Å². The van der Waals surface area contributed by atoms with Crippen LogP contribution in [0.3, 0.4) is 0 Å². The van der Waals surface area contributed by atoms with Crippen LogP contribution in [0, 0.1) is 5.41 Å². The van der Waals surface area contributed by atoms with Gasteiger partial charge in [0.1, 0.15) is 5.82 Å². The standard InChI is InChI=1S/C16H30N4O/c1-5-6-12-13(17)14(20(4)19-12)18-11-16(21)9-7-15(2,3)8-10-16/h18,21H,5-11,17H2,1-4H3. The molecule has 1 fully saturated rings. The maximum atomic E-state index is 10.7. The zero-order chi connectivity index (χ0) is 15.7. The van der Waals surface area contributed by atoms with Crippen molar-refractivity contribution in [1.29, 1.82) is 0 Å². The Balaban J connectivity index is 2.00. The third kappa shape index (κ3) is 3.70. The summed E-state index contributed by atoms with van der Waals surface area (Å²) in [5, 5.41) is 18.5. The predicted octanol–water partition coefficient (Wildman–Crippen LogP) is 2.70. The van der Waals surface area contributed by atoms with Gasteiger partial charge in [0.25, 0.3) is 0 Å². The maximum Gasteiger partial charge on any atom is 0.147 e. The second kappa shape index (κ2) is 5.87. The highest BCUT2D eigenvalue weighted by atomic mass is 16.3. The molecule has 0 radical (unpaired) electrons. The Morgan fingerprint density at radius 1 is 1.29 bits per heavy atom. The Morgan fingerprint density at radius 2 is 1.90 bits per heavy atom. The van der Waals surface area contributed by atoms with E-state index in [1.807, 2.05) is 7.05 Å². The van der Waals surface area contributed by atoms with E-state index in [-0.39, 0.29) is 0 Å². The van der Waals surface area contributed by atoms with Crippen LogP contribution in [0.4, 0.5) is 11.5 Å². The minimum absolute atomic E-state index is 0.353. The molecule has 21 heavy (non-hydrogen) atoms. The summed E-state index contributed by atoms with van der Waals surface area (Å²) in [5.41, 5.74) is 7.56. The Hall–Kier alpha value is -1.23. The van der Waals surface area contributed by atoms with Gasteiger partial charge in [-0.25, -0.2) is 0 Å². The van der Waals surface area contributed by atoms with E-state index in [1.54, 1.807) is 4.68 Å². The number of aromatic nitrogens is 2. The van der Waals surface area contributed by atoms with Crippen LogP contribution in [0.1, 0.15) is 58.6 Å². The first-order valence-corrected chi connectivity index (χ1v) is 8.04. The van der Waals surface area contributed by atoms with E-state index in [4.69, 9.17) is 5.73 Å². The molecule has 1 aromatic rings. The fraction of sp³-hybridized carbons (Fsp3) is 0.812. The van der Waals surface area contributed by atoms with E-state index in [1.165, 1.54) is 0 Å². The number of hydrogen-bond acceptors (Lipinski definition) is 4. The molecule has 0 bridgehead atoms. The number of nitrogens with zero attached hydrogens (tertiary/aromatic N) is 2. The van der Waals surface area contributed by atoms with Crippen LogP contribution in [0.5, 0.6) is 0 Å². The van der Waals surface area contributed by atoms with E-state index in [0.29, 0.717) is 12.0 Å². The molecule has 1 heterocycles. The average molecular weight is 294 g/mol. The van der Waals surface area contributed by atoms with E-state index < -0.39 is 5.60 Å². The highest BCUT2D eigenvalue weighted by molar-refractivity contribution is 5.65. The van der Waals surface area contributed by atoms with Crippen LogP contribution in [0.2, 0.25) is 0 Å². The predicted molar refractivity (Wildman–Crippen MR) is 87.3 cm³/mol. The molecule has 5 heteroatoms. The molecule has 120 valence electrons. The largest absolute Gasteiger partial charge is 0.394 e. The van der Waals surface area contributed by atoms with Crippen LogP contribution >= 0.6 is 0 Å². The van der Waals surface area contributed by atoms with Gasteiger partial charge in [0.15, 0.2) is 0 Å². The van der Waals surface area contributed by atoms with Crippen molar-refractivity contribution >= 4 is 11.5 Å². The summed E-state index contributed by atoms with van der Waals surface area (Å²) in [7, 11) is 1.89. The zero-order valence-corrected chi connectivity index (χ0v) is 13.9. The van der Waals surface area contributed by atoms with E-state index in [2.05, 4.69) is 31.2 Å². The highest BCUT2D eigenvalue weighted by Crippen LogP contribution is 2.40. The summed E-state index contributed by atoms with van der Waals surface area (Å²) in [4.78, 5) is 0. The first-order valence-electron chi connectivity index (χ1n) is 8.04. The van der Waals surface area contributed by atoms with Crippen LogP contribution < -0.4 is 11.1 Å². The Labute approximate surface area is 127 Å². The summed E-state index contributed by atoms with van der Waals surface area (Å²) in [6, 6.07) is 0. The second-order valence-electron chi connectivity index (χ2n) is 7.32. The first-order chi connectivity index (χ1) is 9.76. The zero-order valence-electron chi connectivity index (χ0n) is 13.9. The van der Waals surface area contributed by atoms with Crippen molar-refractivity contribution in [3.05, 3.63) is 5.69 Å². The minimum atomic E-state index is -0.628. The molecule has 1 saturated carbocycles. The fourth-order valence-corrected chi connectivity index (χ4v) is 3.04. The molecule has 1 aliphatic carbocycles. The summed E-state index contributed by atoms with van der Waals surface area (Å²) in [5.74, 6) is 0.830. The Morgan fingerprint density at radius 3 is 2.48 bits per heavy atom. The van der Waals surface area contributed by atoms with E-state index in [9.17, 15) is 5.11 Å². The summed E-state index contributed by atoms with van der Waals surface area (Å²) in [6.45, 7) is 7.21. The summed E-state index contributed by atoms with van der Waals surface area (Å²) in [6.07, 6.45) is 5.72. The lowest BCUT2D eigenvalue weighted by atomic mass is 9.71. The van der Waals surface area contributed by atoms with Crippen LogP contribution in [0.25, 0.3) is 0 Å². The minimum Gasteiger partial charge on any atom is -0.394 e. The van der Waals surface area contributed by atoms with Gasteiger partial charge in [-0.05, 0) is 37.5 Å². The van der Waals surface area contributed by atoms with Gasteiger partial charge in [-0.15, -0.1) is 0 Å². The summed E-state index contributed by atoms with van der Waals surface area (Å²) >= 11 is 0. The number of aryl methyl sites for hydroxylation is 2. The van der Waals surface area contributed by atoms with Gasteiger partial charge in [-0.2, -0.15) is 5.10 Å². The van der Waals surface area contributed by atoms with Gasteiger partial charge >= 0.3 is 0 Å². The topological polar surface area (TPSA) is 76.1 Å². The molecule has 4 N–H and O–H groups in total. The molecule has 0 atom stereocenters. The SMILES string of the molecule is CCCc1nn(C)c(NCC2(O)CCC(C)(C)CC2)c1N. The number of nitrogens with two attached hydrogens (primary N) is 1. The fourth-order valence-electron chi connectivity index (χ4n) is 3.04. The van der Waals surface area contributed by atoms with Crippen molar-refractivity contribution in [2.75, 3.05) is 17.6 Å². The van der Waals surface area contributed by atoms with Crippen molar-refractivity contribution in [3.63, 3.8) is 0 Å². The molecule has 5 nitrogen and oxygen atoms in total. The van der Waals surface area contributed by atoms with Crippen LogP contribution in [-0.4, -0.2) is 27.0 Å². The van der Waals surface area contributed by atoms with Crippen molar-refractivity contribution in [3.8, 4) is 0 Å². The molecular formula is C16H30N4O. The number of aliphatic hydroxyl groups is 1. The average Bonchev–Trinajstić information content (AvgIpc) is 2.68. The van der Waals surface area contributed by atoms with Gasteiger partial charge in [0.2, 0.25) is 0 Å². The number of hydrogen-bond donors (Lipinski definition) is 3. The molecule has 0 amide bonds. The second-order valence-corrected chi connectivity index (χ2v) is 7.32. The molecule has 0 saturated heterocycles. The van der Waals surface area contributed by atoms with Crippen LogP contribution in [0.15, 0.2) is 0 Å². The molecule has 2 rings (SSSR count). The van der Waals surface area contributed by atoms with Crippen molar-refractivity contribution in [2.24, 2.45) is 12.5 Å². The highest BCUT2D eigenvalue weighted by Gasteiger charge is 2.36. The molecule has 0 aromatic carbocycles. The smallest absolute Gasteiger partial charge is 0.147 e. The van der Waals surface area contributed by atoms with Crippen molar-refractivity contribution < 1.29 is 5.11 Å². The molecular weight excluding hydrogens is 264 g/mol. The van der Waals surface area contributed by atoms with Crippen LogP contribution in [-0.2, 0) is 13.5 Å². The monoisotopic (exact) mass is 294 g/mol. The molecule has 1 aromatic heterocycles. The van der Waals surface area contributed by atoms with E-state index >= 15 is 0 Å². The van der Waals surface area contributed by atoms with Gasteiger partial charge in [-0.1, -0.05) is 27.2 Å². The lowest BCUT2D eigenvalue weighted by Gasteiger charge is -2.40.